The number of amides is 2. The first-order valence-corrected chi connectivity index (χ1v) is 12.8. The summed E-state index contributed by atoms with van der Waals surface area (Å²) < 4.78 is 69.5. The standard InChI is InChI=1S/C29H25F4N5O5/c1-27(26(34)40)15-43-24-20(27)13-22(36-23(24)16-6-8-17(30)9-7-16)28(41,29(31,32)33)14-35-25(39)21-10-11-38(37-21)18-4-3-5-19(12-18)42-2/h3-13,41H,14-15H2,1-2H3,(H2,34,40)(H,35,39)/t27-,28?/m0/s1. The van der Waals surface area contributed by atoms with Crippen LogP contribution in [-0.2, 0) is 15.8 Å². The molecule has 224 valence electrons. The highest BCUT2D eigenvalue weighted by molar-refractivity contribution is 5.92. The van der Waals surface area contributed by atoms with E-state index in [2.05, 4.69) is 15.4 Å². The number of nitrogens with one attached hydrogen (secondary N) is 1. The molecule has 0 fully saturated rings. The Balaban J connectivity index is 1.52. The Hall–Kier alpha value is -4.98. The van der Waals surface area contributed by atoms with Crippen molar-refractivity contribution in [2.45, 2.75) is 24.1 Å². The fourth-order valence-corrected chi connectivity index (χ4v) is 4.58. The van der Waals surface area contributed by atoms with Crippen LogP contribution in [0.2, 0.25) is 0 Å². The Kier molecular flexibility index (Phi) is 7.34. The smallest absolute Gasteiger partial charge is 0.424 e. The molecule has 2 atom stereocenters. The van der Waals surface area contributed by atoms with Gasteiger partial charge in [-0.3, -0.25) is 9.59 Å². The number of benzene rings is 2. The molecule has 4 N–H and O–H groups in total. The third kappa shape index (κ3) is 5.25. The number of nitrogens with two attached hydrogens (primary N) is 1. The monoisotopic (exact) mass is 599 g/mol. The van der Waals surface area contributed by atoms with E-state index in [1.54, 1.807) is 24.3 Å². The number of hydrogen-bond donors (Lipinski definition) is 3. The minimum atomic E-state index is -5.36. The molecule has 0 bridgehead atoms. The summed E-state index contributed by atoms with van der Waals surface area (Å²) >= 11 is 0. The molecule has 0 spiro atoms. The van der Waals surface area contributed by atoms with Gasteiger partial charge in [0.05, 0.1) is 25.0 Å². The largest absolute Gasteiger partial charge is 0.497 e. The molecule has 43 heavy (non-hydrogen) atoms. The van der Waals surface area contributed by atoms with E-state index in [-0.39, 0.29) is 34.9 Å². The van der Waals surface area contributed by atoms with Crippen LogP contribution in [-0.4, -0.2) is 58.1 Å². The third-order valence-corrected chi connectivity index (χ3v) is 7.27. The van der Waals surface area contributed by atoms with Crippen molar-refractivity contribution in [2.24, 2.45) is 5.73 Å². The van der Waals surface area contributed by atoms with Crippen molar-refractivity contribution in [1.29, 1.82) is 0 Å². The number of nitrogens with zero attached hydrogens (tertiary/aromatic N) is 3. The lowest BCUT2D eigenvalue weighted by Crippen LogP contribution is -2.52. The number of hydrogen-bond acceptors (Lipinski definition) is 7. The van der Waals surface area contributed by atoms with E-state index >= 15 is 0 Å². The van der Waals surface area contributed by atoms with Gasteiger partial charge in [0.15, 0.2) is 5.69 Å². The first-order chi connectivity index (χ1) is 20.3. The molecule has 2 amide bonds. The number of fused-ring (bicyclic) bond motifs is 1. The maximum atomic E-state index is 14.6. The summed E-state index contributed by atoms with van der Waals surface area (Å²) in [6, 6.07) is 13.5. The molecule has 0 saturated heterocycles. The van der Waals surface area contributed by atoms with Gasteiger partial charge in [-0.25, -0.2) is 14.1 Å². The van der Waals surface area contributed by atoms with Crippen LogP contribution in [0.25, 0.3) is 16.9 Å². The molecule has 1 unspecified atom stereocenters. The topological polar surface area (TPSA) is 142 Å². The lowest BCUT2D eigenvalue weighted by Gasteiger charge is -2.31. The molecule has 2 aromatic carbocycles. The van der Waals surface area contributed by atoms with Crippen molar-refractivity contribution >= 4 is 11.8 Å². The van der Waals surface area contributed by atoms with E-state index in [1.165, 1.54) is 43.1 Å². The predicted molar refractivity (Wildman–Crippen MR) is 144 cm³/mol. The molecule has 0 aliphatic carbocycles. The van der Waals surface area contributed by atoms with Crippen LogP contribution in [0.5, 0.6) is 11.5 Å². The van der Waals surface area contributed by atoms with E-state index in [0.29, 0.717) is 11.4 Å². The van der Waals surface area contributed by atoms with Gasteiger partial charge in [-0.2, -0.15) is 18.3 Å². The zero-order valence-electron chi connectivity index (χ0n) is 22.8. The predicted octanol–water partition coefficient (Wildman–Crippen LogP) is 3.40. The number of aromatic nitrogens is 3. The van der Waals surface area contributed by atoms with E-state index in [4.69, 9.17) is 15.2 Å². The second-order valence-corrected chi connectivity index (χ2v) is 10.1. The number of methoxy groups -OCH3 is 1. The van der Waals surface area contributed by atoms with E-state index < -0.39 is 47.1 Å². The van der Waals surface area contributed by atoms with Crippen molar-refractivity contribution in [3.05, 3.63) is 89.6 Å². The fourth-order valence-electron chi connectivity index (χ4n) is 4.58. The number of rotatable bonds is 8. The van der Waals surface area contributed by atoms with E-state index in [1.807, 2.05) is 0 Å². The van der Waals surface area contributed by atoms with Gasteiger partial charge in [-0.15, -0.1) is 0 Å². The summed E-state index contributed by atoms with van der Waals surface area (Å²) in [4.78, 5) is 29.3. The SMILES string of the molecule is COc1cccc(-n2ccc(C(=O)NCC(O)(c3cc4c(c(-c5ccc(F)cc5)n3)OC[C@]4(C)C(N)=O)C(F)(F)F)n2)c1. The van der Waals surface area contributed by atoms with Crippen molar-refractivity contribution in [1.82, 2.24) is 20.1 Å². The summed E-state index contributed by atoms with van der Waals surface area (Å²) in [5, 5.41) is 17.4. The van der Waals surface area contributed by atoms with Crippen molar-refractivity contribution in [2.75, 3.05) is 20.3 Å². The molecule has 4 aromatic rings. The number of halogens is 4. The number of pyridine rings is 1. The van der Waals surface area contributed by atoms with Gasteiger partial charge in [0.1, 0.15) is 35.0 Å². The van der Waals surface area contributed by atoms with Gasteiger partial charge >= 0.3 is 6.18 Å². The second kappa shape index (κ2) is 10.7. The number of alkyl halides is 3. The zero-order valence-corrected chi connectivity index (χ0v) is 22.8. The molecule has 14 heteroatoms. The Morgan fingerprint density at radius 1 is 1.16 bits per heavy atom. The van der Waals surface area contributed by atoms with E-state index in [9.17, 15) is 32.3 Å². The van der Waals surface area contributed by atoms with Crippen LogP contribution in [0.4, 0.5) is 17.6 Å². The lowest BCUT2D eigenvalue weighted by atomic mass is 9.81. The number of primary amides is 1. The Labute approximate surface area is 242 Å². The highest BCUT2D eigenvalue weighted by atomic mass is 19.4. The van der Waals surface area contributed by atoms with Crippen molar-refractivity contribution < 1.29 is 41.7 Å². The number of aliphatic hydroxyl groups is 1. The number of carbonyl (C=O) groups is 2. The first-order valence-electron chi connectivity index (χ1n) is 12.8. The molecule has 5 rings (SSSR count). The maximum Gasteiger partial charge on any atom is 0.424 e. The highest BCUT2D eigenvalue weighted by Gasteiger charge is 2.57. The molecule has 1 aliphatic rings. The van der Waals surface area contributed by atoms with Crippen molar-refractivity contribution in [3.8, 4) is 28.4 Å². The Morgan fingerprint density at radius 2 is 1.88 bits per heavy atom. The van der Waals surface area contributed by atoms with Crippen LogP contribution in [0, 0.1) is 5.82 Å². The summed E-state index contributed by atoms with van der Waals surface area (Å²) in [5.41, 5.74) is -0.417. The van der Waals surface area contributed by atoms with Gasteiger partial charge in [0.2, 0.25) is 11.5 Å². The summed E-state index contributed by atoms with van der Waals surface area (Å²) in [7, 11) is 1.47. The highest BCUT2D eigenvalue weighted by Crippen LogP contribution is 2.47. The van der Waals surface area contributed by atoms with E-state index in [0.717, 1.165) is 18.2 Å². The van der Waals surface area contributed by atoms with Gasteiger partial charge in [-0.05, 0) is 55.5 Å². The molecule has 3 heterocycles. The summed E-state index contributed by atoms with van der Waals surface area (Å²) in [6.07, 6.45) is -3.93. The van der Waals surface area contributed by atoms with Crippen LogP contribution in [0.1, 0.15) is 28.7 Å². The number of carbonyl (C=O) groups excluding carboxylic acids is 2. The Bertz CT molecular complexity index is 1710. The van der Waals surface area contributed by atoms with Crippen LogP contribution < -0.4 is 20.5 Å². The zero-order chi connectivity index (χ0) is 31.2. The average molecular weight is 600 g/mol. The van der Waals surface area contributed by atoms with Crippen molar-refractivity contribution in [3.63, 3.8) is 0 Å². The molecule has 2 aromatic heterocycles. The quantitative estimate of drug-likeness (QED) is 0.264. The molecule has 1 aliphatic heterocycles. The lowest BCUT2D eigenvalue weighted by molar-refractivity contribution is -0.265. The first kappa shape index (κ1) is 29.5. The van der Waals surface area contributed by atoms with Gasteiger partial charge in [-0.1, -0.05) is 6.07 Å². The fraction of sp³-hybridized carbons (Fsp3) is 0.241. The molecular weight excluding hydrogens is 574 g/mol. The van der Waals surface area contributed by atoms with Gasteiger partial charge < -0.3 is 25.6 Å². The third-order valence-electron chi connectivity index (χ3n) is 7.27. The van der Waals surface area contributed by atoms with Crippen LogP contribution >= 0.6 is 0 Å². The van der Waals surface area contributed by atoms with Gasteiger partial charge in [0, 0.05) is 23.4 Å². The van der Waals surface area contributed by atoms with Crippen LogP contribution in [0.15, 0.2) is 66.9 Å². The minimum Gasteiger partial charge on any atom is -0.497 e. The van der Waals surface area contributed by atoms with Gasteiger partial charge in [0.25, 0.3) is 5.91 Å². The normalized spacial score (nSPS) is 17.5. The molecule has 0 saturated carbocycles. The van der Waals surface area contributed by atoms with Crippen LogP contribution in [0.3, 0.4) is 0 Å². The minimum absolute atomic E-state index is 0.0340. The maximum absolute atomic E-state index is 14.6. The summed E-state index contributed by atoms with van der Waals surface area (Å²) in [5.74, 6) is -2.01. The average Bonchev–Trinajstić information content (AvgIpc) is 3.61. The Morgan fingerprint density at radius 3 is 2.53 bits per heavy atom. The molecule has 0 radical (unpaired) electrons. The number of ether oxygens (including phenoxy) is 2. The molecule has 10 nitrogen and oxygen atoms in total. The summed E-state index contributed by atoms with van der Waals surface area (Å²) in [6.45, 7) is -0.273. The molecular formula is C29H25F4N5O5. The second-order valence-electron chi connectivity index (χ2n) is 10.1.